The Hall–Kier alpha value is -1.86. The van der Waals surface area contributed by atoms with E-state index in [2.05, 4.69) is 4.98 Å². The lowest BCUT2D eigenvalue weighted by molar-refractivity contribution is 0.0664. The number of fused-ring (bicyclic) bond motifs is 1. The number of nitrogen functional groups attached to an aromatic ring is 1. The van der Waals surface area contributed by atoms with Crippen molar-refractivity contribution in [2.24, 2.45) is 0 Å². The van der Waals surface area contributed by atoms with Crippen molar-refractivity contribution in [3.05, 3.63) is 41.1 Å². The summed E-state index contributed by atoms with van der Waals surface area (Å²) in [5.74, 6) is 0.210. The fourth-order valence-corrected chi connectivity index (χ4v) is 4.23. The molecule has 0 atom stereocenters. The van der Waals surface area contributed by atoms with Crippen LogP contribution in [0.5, 0.6) is 0 Å². The molecule has 108 valence electrons. The van der Waals surface area contributed by atoms with Gasteiger partial charge in [0.15, 0.2) is 5.13 Å². The average molecular weight is 319 g/mol. The molecule has 0 radical (unpaired) electrons. The number of benzene rings is 1. The van der Waals surface area contributed by atoms with Gasteiger partial charge in [-0.05, 0) is 19.1 Å². The average Bonchev–Trinajstić information content (AvgIpc) is 2.91. The second kappa shape index (κ2) is 5.50. The highest BCUT2D eigenvalue weighted by Crippen LogP contribution is 2.31. The third-order valence-electron chi connectivity index (χ3n) is 3.20. The summed E-state index contributed by atoms with van der Waals surface area (Å²) in [4.78, 5) is 29.8. The van der Waals surface area contributed by atoms with Crippen molar-refractivity contribution in [2.75, 3.05) is 18.0 Å². The van der Waals surface area contributed by atoms with Gasteiger partial charge in [-0.3, -0.25) is 14.5 Å². The number of imide groups is 1. The van der Waals surface area contributed by atoms with Crippen molar-refractivity contribution in [3.8, 4) is 0 Å². The molecule has 1 aromatic carbocycles. The topological polar surface area (TPSA) is 76.3 Å². The van der Waals surface area contributed by atoms with Gasteiger partial charge in [-0.15, -0.1) is 11.8 Å². The lowest BCUT2D eigenvalue weighted by Gasteiger charge is -2.12. The van der Waals surface area contributed by atoms with E-state index in [4.69, 9.17) is 5.73 Å². The summed E-state index contributed by atoms with van der Waals surface area (Å²) in [5.41, 5.74) is 7.53. The zero-order chi connectivity index (χ0) is 15.0. The molecule has 21 heavy (non-hydrogen) atoms. The highest BCUT2D eigenvalue weighted by atomic mass is 32.2. The van der Waals surface area contributed by atoms with Gasteiger partial charge < -0.3 is 5.73 Å². The minimum absolute atomic E-state index is 0.211. The highest BCUT2D eigenvalue weighted by molar-refractivity contribution is 8.01. The third kappa shape index (κ3) is 2.54. The first-order valence-corrected chi connectivity index (χ1v) is 8.19. The van der Waals surface area contributed by atoms with Crippen LogP contribution in [-0.4, -0.2) is 34.0 Å². The van der Waals surface area contributed by atoms with Crippen LogP contribution < -0.4 is 5.73 Å². The van der Waals surface area contributed by atoms with Crippen molar-refractivity contribution >= 4 is 40.0 Å². The minimum atomic E-state index is -0.211. The number of amides is 2. The summed E-state index contributed by atoms with van der Waals surface area (Å²) in [7, 11) is 0. The Balaban J connectivity index is 1.66. The fraction of sp³-hybridized carbons (Fsp3) is 0.214. The molecule has 2 heterocycles. The lowest BCUT2D eigenvalue weighted by Crippen LogP contribution is -2.31. The molecule has 0 fully saturated rings. The van der Waals surface area contributed by atoms with Gasteiger partial charge in [0.05, 0.1) is 21.0 Å². The minimum Gasteiger partial charge on any atom is -0.375 e. The van der Waals surface area contributed by atoms with E-state index in [1.807, 2.05) is 6.92 Å². The number of carbonyl (C=O) groups excluding carboxylic acids is 2. The number of thioether (sulfide) groups is 1. The van der Waals surface area contributed by atoms with E-state index in [-0.39, 0.29) is 11.8 Å². The monoisotopic (exact) mass is 319 g/mol. The number of nitrogens with two attached hydrogens (primary N) is 1. The van der Waals surface area contributed by atoms with Gasteiger partial charge in [-0.1, -0.05) is 23.5 Å². The molecule has 1 aromatic heterocycles. The first-order chi connectivity index (χ1) is 10.1. The summed E-state index contributed by atoms with van der Waals surface area (Å²) in [6, 6.07) is 6.92. The highest BCUT2D eigenvalue weighted by Gasteiger charge is 2.34. The number of rotatable bonds is 4. The predicted octanol–water partition coefficient (Wildman–Crippen LogP) is 2.42. The lowest BCUT2D eigenvalue weighted by atomic mass is 10.1. The van der Waals surface area contributed by atoms with E-state index in [0.29, 0.717) is 28.6 Å². The van der Waals surface area contributed by atoms with Crippen molar-refractivity contribution in [1.29, 1.82) is 0 Å². The molecule has 0 aliphatic carbocycles. The molecular formula is C14H13N3O2S2. The summed E-state index contributed by atoms with van der Waals surface area (Å²) < 4.78 is 1.03. The Kier molecular flexibility index (Phi) is 3.69. The second-order valence-electron chi connectivity index (χ2n) is 4.58. The number of hydrogen-bond donors (Lipinski definition) is 1. The smallest absolute Gasteiger partial charge is 0.261 e. The Bertz CT molecular complexity index is 692. The Labute approximate surface area is 130 Å². The molecule has 7 heteroatoms. The summed E-state index contributed by atoms with van der Waals surface area (Å²) in [5, 5.41) is 0.538. The van der Waals surface area contributed by atoms with Crippen molar-refractivity contribution < 1.29 is 9.59 Å². The van der Waals surface area contributed by atoms with Crippen molar-refractivity contribution in [2.45, 2.75) is 11.1 Å². The van der Waals surface area contributed by atoms with Crippen LogP contribution in [-0.2, 0) is 0 Å². The predicted molar refractivity (Wildman–Crippen MR) is 83.8 cm³/mol. The van der Waals surface area contributed by atoms with Crippen LogP contribution in [0.1, 0.15) is 26.4 Å². The molecular weight excluding hydrogens is 306 g/mol. The maximum absolute atomic E-state index is 12.2. The Morgan fingerprint density at radius 3 is 2.38 bits per heavy atom. The van der Waals surface area contributed by atoms with Crippen LogP contribution in [0.2, 0.25) is 0 Å². The molecule has 0 saturated heterocycles. The zero-order valence-electron chi connectivity index (χ0n) is 11.3. The van der Waals surface area contributed by atoms with Crippen LogP contribution >= 0.6 is 23.1 Å². The summed E-state index contributed by atoms with van der Waals surface area (Å²) in [6.45, 7) is 2.28. The number of anilines is 1. The van der Waals surface area contributed by atoms with Crippen LogP contribution in [0.3, 0.4) is 0 Å². The van der Waals surface area contributed by atoms with Gasteiger partial charge in [0.25, 0.3) is 11.8 Å². The maximum atomic E-state index is 12.2. The molecule has 0 spiro atoms. The molecule has 2 aromatic rings. The van der Waals surface area contributed by atoms with E-state index in [9.17, 15) is 9.59 Å². The quantitative estimate of drug-likeness (QED) is 0.692. The van der Waals surface area contributed by atoms with Gasteiger partial charge in [0.2, 0.25) is 0 Å². The zero-order valence-corrected chi connectivity index (χ0v) is 13.0. The number of aromatic nitrogens is 1. The first-order valence-electron chi connectivity index (χ1n) is 6.39. The molecule has 3 rings (SSSR count). The number of thiazole rings is 1. The normalized spacial score (nSPS) is 13.9. The van der Waals surface area contributed by atoms with E-state index in [1.54, 1.807) is 36.0 Å². The number of aryl methyl sites for hydroxylation is 1. The molecule has 5 nitrogen and oxygen atoms in total. The number of hydrogen-bond acceptors (Lipinski definition) is 6. The van der Waals surface area contributed by atoms with Crippen LogP contribution in [0.4, 0.5) is 5.13 Å². The summed E-state index contributed by atoms with van der Waals surface area (Å²) in [6.07, 6.45) is 0. The van der Waals surface area contributed by atoms with E-state index in [1.165, 1.54) is 16.2 Å². The standard InChI is InChI=1S/C14H13N3O2S2/c1-8-13(21-14(15)16-8)20-7-6-17-11(18)9-4-2-3-5-10(9)12(17)19/h2-5H,6-7H2,1H3,(H2,15,16). The summed E-state index contributed by atoms with van der Waals surface area (Å²) >= 11 is 2.99. The molecule has 1 aliphatic heterocycles. The van der Waals surface area contributed by atoms with Gasteiger partial charge in [0.1, 0.15) is 0 Å². The molecule has 1 aliphatic rings. The molecule has 0 saturated carbocycles. The Morgan fingerprint density at radius 1 is 1.24 bits per heavy atom. The van der Waals surface area contributed by atoms with Gasteiger partial charge in [-0.25, -0.2) is 4.98 Å². The molecule has 2 N–H and O–H groups in total. The fourth-order valence-electron chi connectivity index (χ4n) is 2.21. The molecule has 0 unspecified atom stereocenters. The largest absolute Gasteiger partial charge is 0.375 e. The van der Waals surface area contributed by atoms with E-state index < -0.39 is 0 Å². The molecule has 0 bridgehead atoms. The van der Waals surface area contributed by atoms with Gasteiger partial charge >= 0.3 is 0 Å². The van der Waals surface area contributed by atoms with Gasteiger partial charge in [-0.2, -0.15) is 0 Å². The second-order valence-corrected chi connectivity index (χ2v) is 6.98. The Morgan fingerprint density at radius 2 is 1.86 bits per heavy atom. The van der Waals surface area contributed by atoms with E-state index in [0.717, 1.165) is 9.90 Å². The third-order valence-corrected chi connectivity index (χ3v) is 5.53. The van der Waals surface area contributed by atoms with E-state index >= 15 is 0 Å². The maximum Gasteiger partial charge on any atom is 0.261 e. The van der Waals surface area contributed by atoms with Crippen molar-refractivity contribution in [1.82, 2.24) is 9.88 Å². The van der Waals surface area contributed by atoms with Crippen LogP contribution in [0.25, 0.3) is 0 Å². The van der Waals surface area contributed by atoms with Gasteiger partial charge in [0, 0.05) is 12.3 Å². The SMILES string of the molecule is Cc1nc(N)sc1SCCN1C(=O)c2ccccc2C1=O. The van der Waals surface area contributed by atoms with Crippen LogP contribution in [0, 0.1) is 6.92 Å². The first kappa shape index (κ1) is 14.1. The van der Waals surface area contributed by atoms with Crippen LogP contribution in [0.15, 0.2) is 28.5 Å². The number of nitrogens with zero attached hydrogens (tertiary/aromatic N) is 2. The number of carbonyl (C=O) groups is 2. The molecule has 2 amide bonds. The van der Waals surface area contributed by atoms with Crippen molar-refractivity contribution in [3.63, 3.8) is 0 Å².